The Balaban J connectivity index is 1.99. The predicted octanol–water partition coefficient (Wildman–Crippen LogP) is 2.18. The SMILES string of the molecule is CSCC(C)CNC(=O)c1ccn(-c2ccc(N)cc2)n1. The number of amides is 1. The number of carbonyl (C=O) groups excluding carboxylic acids is 1. The van der Waals surface area contributed by atoms with Crippen molar-refractivity contribution in [2.75, 3.05) is 24.3 Å². The largest absolute Gasteiger partial charge is 0.399 e. The topological polar surface area (TPSA) is 72.9 Å². The summed E-state index contributed by atoms with van der Waals surface area (Å²) in [7, 11) is 0. The van der Waals surface area contributed by atoms with Gasteiger partial charge in [-0.1, -0.05) is 6.92 Å². The molecule has 0 radical (unpaired) electrons. The average Bonchev–Trinajstić information content (AvgIpc) is 2.96. The summed E-state index contributed by atoms with van der Waals surface area (Å²) >= 11 is 1.78. The molecule has 5 nitrogen and oxygen atoms in total. The maximum absolute atomic E-state index is 12.0. The van der Waals surface area contributed by atoms with Gasteiger partial charge in [-0.3, -0.25) is 4.79 Å². The van der Waals surface area contributed by atoms with E-state index in [1.165, 1.54) is 0 Å². The van der Waals surface area contributed by atoms with Crippen molar-refractivity contribution >= 4 is 23.4 Å². The molecule has 0 aliphatic rings. The van der Waals surface area contributed by atoms with E-state index in [1.807, 2.05) is 12.1 Å². The van der Waals surface area contributed by atoms with Gasteiger partial charge in [0.1, 0.15) is 0 Å². The van der Waals surface area contributed by atoms with E-state index >= 15 is 0 Å². The summed E-state index contributed by atoms with van der Waals surface area (Å²) in [5.41, 5.74) is 7.65. The summed E-state index contributed by atoms with van der Waals surface area (Å²) in [6.45, 7) is 2.78. The highest BCUT2D eigenvalue weighted by Gasteiger charge is 2.11. The van der Waals surface area contributed by atoms with Crippen molar-refractivity contribution in [2.45, 2.75) is 6.92 Å². The molecule has 3 N–H and O–H groups in total. The average molecular weight is 304 g/mol. The molecule has 2 aromatic rings. The highest BCUT2D eigenvalue weighted by Crippen LogP contribution is 2.10. The molecule has 1 amide bonds. The summed E-state index contributed by atoms with van der Waals surface area (Å²) in [4.78, 5) is 12.0. The van der Waals surface area contributed by atoms with Crippen LogP contribution in [0.5, 0.6) is 0 Å². The van der Waals surface area contributed by atoms with E-state index in [2.05, 4.69) is 23.6 Å². The molecule has 1 aromatic heterocycles. The quantitative estimate of drug-likeness (QED) is 0.802. The molecular formula is C15H20N4OS. The zero-order valence-corrected chi connectivity index (χ0v) is 13.1. The van der Waals surface area contributed by atoms with Crippen molar-refractivity contribution < 1.29 is 4.79 Å². The van der Waals surface area contributed by atoms with Gasteiger partial charge in [0.05, 0.1) is 5.69 Å². The molecule has 1 atom stereocenters. The van der Waals surface area contributed by atoms with Crippen molar-refractivity contribution in [3.05, 3.63) is 42.2 Å². The van der Waals surface area contributed by atoms with E-state index in [1.54, 1.807) is 40.8 Å². The number of anilines is 1. The molecule has 0 bridgehead atoms. The maximum atomic E-state index is 12.0. The Labute approximate surface area is 128 Å². The van der Waals surface area contributed by atoms with Crippen molar-refractivity contribution in [3.63, 3.8) is 0 Å². The monoisotopic (exact) mass is 304 g/mol. The Morgan fingerprint density at radius 1 is 1.38 bits per heavy atom. The minimum atomic E-state index is -0.142. The lowest BCUT2D eigenvalue weighted by Gasteiger charge is -2.10. The zero-order valence-electron chi connectivity index (χ0n) is 12.2. The fourth-order valence-corrected chi connectivity index (χ4v) is 2.60. The molecule has 0 saturated carbocycles. The summed E-state index contributed by atoms with van der Waals surface area (Å²) in [5.74, 6) is 1.33. The minimum absolute atomic E-state index is 0.142. The van der Waals surface area contributed by atoms with Gasteiger partial charge in [-0.2, -0.15) is 16.9 Å². The highest BCUT2D eigenvalue weighted by atomic mass is 32.2. The number of hydrogen-bond donors (Lipinski definition) is 2. The molecule has 0 spiro atoms. The predicted molar refractivity (Wildman–Crippen MR) is 87.9 cm³/mol. The van der Waals surface area contributed by atoms with E-state index < -0.39 is 0 Å². The van der Waals surface area contributed by atoms with Gasteiger partial charge in [-0.15, -0.1) is 0 Å². The number of aromatic nitrogens is 2. The van der Waals surface area contributed by atoms with E-state index in [-0.39, 0.29) is 5.91 Å². The summed E-state index contributed by atoms with van der Waals surface area (Å²) in [6, 6.07) is 9.06. The van der Waals surface area contributed by atoms with Crippen molar-refractivity contribution in [1.82, 2.24) is 15.1 Å². The van der Waals surface area contributed by atoms with Gasteiger partial charge in [0.25, 0.3) is 5.91 Å². The van der Waals surface area contributed by atoms with Gasteiger partial charge >= 0.3 is 0 Å². The lowest BCUT2D eigenvalue weighted by Crippen LogP contribution is -2.29. The number of rotatable bonds is 6. The molecule has 1 heterocycles. The van der Waals surface area contributed by atoms with Crippen LogP contribution in [-0.4, -0.2) is 34.2 Å². The molecule has 6 heteroatoms. The number of thioether (sulfide) groups is 1. The number of carbonyl (C=O) groups is 1. The van der Waals surface area contributed by atoms with Crippen LogP contribution in [-0.2, 0) is 0 Å². The molecule has 0 fully saturated rings. The van der Waals surface area contributed by atoms with Gasteiger partial charge in [-0.05, 0) is 48.3 Å². The van der Waals surface area contributed by atoms with Crippen LogP contribution >= 0.6 is 11.8 Å². The van der Waals surface area contributed by atoms with Crippen LogP contribution in [0.3, 0.4) is 0 Å². The van der Waals surface area contributed by atoms with Gasteiger partial charge in [0.2, 0.25) is 0 Å². The number of nitrogens with two attached hydrogens (primary N) is 1. The standard InChI is InChI=1S/C15H20N4OS/c1-11(10-21-2)9-17-15(20)14-7-8-19(18-14)13-5-3-12(16)4-6-13/h3-8,11H,9-10,16H2,1-2H3,(H,17,20). The Kier molecular flexibility index (Phi) is 5.27. The number of nitrogen functional groups attached to an aromatic ring is 1. The second kappa shape index (κ2) is 7.17. The molecular weight excluding hydrogens is 284 g/mol. The van der Waals surface area contributed by atoms with E-state index in [9.17, 15) is 4.79 Å². The number of nitrogens with one attached hydrogen (secondary N) is 1. The maximum Gasteiger partial charge on any atom is 0.271 e. The van der Waals surface area contributed by atoms with Crippen LogP contribution in [0.1, 0.15) is 17.4 Å². The van der Waals surface area contributed by atoms with Crippen LogP contribution < -0.4 is 11.1 Å². The van der Waals surface area contributed by atoms with Crippen LogP contribution in [0.15, 0.2) is 36.5 Å². The molecule has 1 aromatic carbocycles. The van der Waals surface area contributed by atoms with Crippen molar-refractivity contribution in [3.8, 4) is 5.69 Å². The molecule has 1 unspecified atom stereocenters. The van der Waals surface area contributed by atoms with Gasteiger partial charge in [0, 0.05) is 18.4 Å². The molecule has 0 aliphatic carbocycles. The molecule has 0 saturated heterocycles. The first kappa shape index (κ1) is 15.4. The lowest BCUT2D eigenvalue weighted by molar-refractivity contribution is 0.0944. The van der Waals surface area contributed by atoms with Crippen LogP contribution in [0, 0.1) is 5.92 Å². The third kappa shape index (κ3) is 4.26. The third-order valence-electron chi connectivity index (χ3n) is 3.04. The van der Waals surface area contributed by atoms with Crippen molar-refractivity contribution in [1.29, 1.82) is 0 Å². The summed E-state index contributed by atoms with van der Waals surface area (Å²) in [6.07, 6.45) is 3.83. The molecule has 0 aliphatic heterocycles. The second-order valence-corrected chi connectivity index (χ2v) is 5.92. The zero-order chi connectivity index (χ0) is 15.2. The van der Waals surface area contributed by atoms with Crippen LogP contribution in [0.2, 0.25) is 0 Å². The molecule has 112 valence electrons. The summed E-state index contributed by atoms with van der Waals surface area (Å²) in [5, 5.41) is 7.20. The fourth-order valence-electron chi connectivity index (χ4n) is 1.92. The van der Waals surface area contributed by atoms with Gasteiger partial charge in [-0.25, -0.2) is 4.68 Å². The van der Waals surface area contributed by atoms with E-state index in [0.29, 0.717) is 23.8 Å². The number of benzene rings is 1. The number of hydrogen-bond acceptors (Lipinski definition) is 4. The highest BCUT2D eigenvalue weighted by molar-refractivity contribution is 7.98. The normalized spacial score (nSPS) is 12.1. The second-order valence-electron chi connectivity index (χ2n) is 5.01. The molecule has 2 rings (SSSR count). The van der Waals surface area contributed by atoms with Crippen LogP contribution in [0.25, 0.3) is 5.69 Å². The van der Waals surface area contributed by atoms with Crippen LogP contribution in [0.4, 0.5) is 5.69 Å². The van der Waals surface area contributed by atoms with Crippen molar-refractivity contribution in [2.24, 2.45) is 5.92 Å². The Morgan fingerprint density at radius 3 is 2.76 bits per heavy atom. The first-order chi connectivity index (χ1) is 10.1. The van der Waals surface area contributed by atoms with E-state index in [0.717, 1.165) is 11.4 Å². The first-order valence-corrected chi connectivity index (χ1v) is 8.18. The minimum Gasteiger partial charge on any atom is -0.399 e. The lowest BCUT2D eigenvalue weighted by atomic mass is 10.2. The fraction of sp³-hybridized carbons (Fsp3) is 0.333. The Bertz CT molecular complexity index is 594. The van der Waals surface area contributed by atoms with Gasteiger partial charge in [0.15, 0.2) is 5.69 Å². The summed E-state index contributed by atoms with van der Waals surface area (Å²) < 4.78 is 1.67. The molecule has 21 heavy (non-hydrogen) atoms. The first-order valence-electron chi connectivity index (χ1n) is 6.79. The Morgan fingerprint density at radius 2 is 2.10 bits per heavy atom. The van der Waals surface area contributed by atoms with E-state index in [4.69, 9.17) is 5.73 Å². The number of nitrogens with zero attached hydrogens (tertiary/aromatic N) is 2. The third-order valence-corrected chi connectivity index (χ3v) is 3.94. The smallest absolute Gasteiger partial charge is 0.271 e. The van der Waals surface area contributed by atoms with Gasteiger partial charge < -0.3 is 11.1 Å². The Hall–Kier alpha value is -1.95.